The van der Waals surface area contributed by atoms with Gasteiger partial charge in [-0.2, -0.15) is 0 Å². The Kier molecular flexibility index (Phi) is 5.84. The normalized spacial score (nSPS) is 11.6. The monoisotopic (exact) mass is 288 g/mol. The van der Waals surface area contributed by atoms with Crippen LogP contribution in [0.5, 0.6) is 0 Å². The molecule has 0 aliphatic carbocycles. The Bertz CT molecular complexity index is 410. The summed E-state index contributed by atoms with van der Waals surface area (Å²) < 4.78 is 5.04. The molecular formula is C12H20N2O4S. The third kappa shape index (κ3) is 4.52. The molecular weight excluding hydrogens is 268 g/mol. The first-order valence-corrected chi connectivity index (χ1v) is 7.09. The number of aliphatic hydroxyl groups excluding tert-OH is 2. The topological polar surface area (TPSA) is 95.6 Å². The number of amides is 1. The van der Waals surface area contributed by atoms with Crippen LogP contribution >= 0.6 is 11.8 Å². The lowest BCUT2D eigenvalue weighted by atomic mass is 10.1. The second-order valence-electron chi connectivity index (χ2n) is 4.72. The molecule has 19 heavy (non-hydrogen) atoms. The number of hydrogen-bond acceptors (Lipinski definition) is 6. The molecule has 0 saturated carbocycles. The lowest BCUT2D eigenvalue weighted by Crippen LogP contribution is -2.52. The highest BCUT2D eigenvalue weighted by Gasteiger charge is 2.24. The molecule has 1 aromatic heterocycles. The van der Waals surface area contributed by atoms with Crippen molar-refractivity contribution in [2.24, 2.45) is 0 Å². The van der Waals surface area contributed by atoms with Crippen LogP contribution in [0.2, 0.25) is 0 Å². The SMILES string of the molecule is Cc1noc(C)c1CSCC(=O)NC(C)(CO)CO. The van der Waals surface area contributed by atoms with E-state index in [1.807, 2.05) is 13.8 Å². The number of nitrogens with one attached hydrogen (secondary N) is 1. The predicted molar refractivity (Wildman–Crippen MR) is 72.9 cm³/mol. The van der Waals surface area contributed by atoms with Crippen molar-refractivity contribution >= 4 is 17.7 Å². The van der Waals surface area contributed by atoms with Crippen LogP contribution in [0.1, 0.15) is 23.9 Å². The van der Waals surface area contributed by atoms with Gasteiger partial charge in [0.15, 0.2) is 0 Å². The third-order valence-corrected chi connectivity index (χ3v) is 3.76. The van der Waals surface area contributed by atoms with Crippen LogP contribution in [0.3, 0.4) is 0 Å². The lowest BCUT2D eigenvalue weighted by molar-refractivity contribution is -0.121. The smallest absolute Gasteiger partial charge is 0.230 e. The summed E-state index contributed by atoms with van der Waals surface area (Å²) in [6.07, 6.45) is 0. The van der Waals surface area contributed by atoms with Gasteiger partial charge < -0.3 is 20.1 Å². The van der Waals surface area contributed by atoms with Gasteiger partial charge >= 0.3 is 0 Å². The zero-order valence-corrected chi connectivity index (χ0v) is 12.2. The van der Waals surface area contributed by atoms with Crippen LogP contribution in [0, 0.1) is 13.8 Å². The van der Waals surface area contributed by atoms with Crippen molar-refractivity contribution in [3.63, 3.8) is 0 Å². The van der Waals surface area contributed by atoms with Gasteiger partial charge in [-0.05, 0) is 20.8 Å². The van der Waals surface area contributed by atoms with E-state index in [9.17, 15) is 4.79 Å². The van der Waals surface area contributed by atoms with E-state index >= 15 is 0 Å². The molecule has 0 atom stereocenters. The lowest BCUT2D eigenvalue weighted by Gasteiger charge is -2.26. The van der Waals surface area contributed by atoms with Crippen LogP contribution in [-0.2, 0) is 10.5 Å². The average molecular weight is 288 g/mol. The fraction of sp³-hybridized carbons (Fsp3) is 0.667. The number of thioether (sulfide) groups is 1. The van der Waals surface area contributed by atoms with Gasteiger partial charge in [0.2, 0.25) is 5.91 Å². The predicted octanol–water partition coefficient (Wildman–Crippen LogP) is 0.384. The maximum Gasteiger partial charge on any atom is 0.230 e. The van der Waals surface area contributed by atoms with Gasteiger partial charge in [0.1, 0.15) is 5.76 Å². The number of rotatable bonds is 7. The van der Waals surface area contributed by atoms with Crippen LogP contribution in [0.15, 0.2) is 4.52 Å². The first kappa shape index (κ1) is 16.0. The summed E-state index contributed by atoms with van der Waals surface area (Å²) in [7, 11) is 0. The molecule has 1 amide bonds. The van der Waals surface area contributed by atoms with E-state index in [1.54, 1.807) is 6.92 Å². The molecule has 1 aromatic rings. The Labute approximate surface area is 116 Å². The molecule has 0 aromatic carbocycles. The molecule has 7 heteroatoms. The zero-order chi connectivity index (χ0) is 14.5. The molecule has 0 unspecified atom stereocenters. The molecule has 1 heterocycles. The van der Waals surface area contributed by atoms with Crippen molar-refractivity contribution in [3.8, 4) is 0 Å². The molecule has 0 spiro atoms. The van der Waals surface area contributed by atoms with Gasteiger partial charge in [-0.3, -0.25) is 4.79 Å². The van der Waals surface area contributed by atoms with E-state index in [1.165, 1.54) is 11.8 Å². The van der Waals surface area contributed by atoms with E-state index in [0.29, 0.717) is 5.75 Å². The average Bonchev–Trinajstić information content (AvgIpc) is 2.70. The van der Waals surface area contributed by atoms with E-state index < -0.39 is 5.54 Å². The van der Waals surface area contributed by atoms with Crippen molar-refractivity contribution in [2.75, 3.05) is 19.0 Å². The molecule has 0 aliphatic heterocycles. The van der Waals surface area contributed by atoms with Gasteiger partial charge in [-0.1, -0.05) is 5.16 Å². The molecule has 6 nitrogen and oxygen atoms in total. The number of carbonyl (C=O) groups is 1. The van der Waals surface area contributed by atoms with Crippen LogP contribution < -0.4 is 5.32 Å². The van der Waals surface area contributed by atoms with Gasteiger partial charge in [-0.25, -0.2) is 0 Å². The Balaban J connectivity index is 2.39. The molecule has 0 bridgehead atoms. The van der Waals surface area contributed by atoms with E-state index in [4.69, 9.17) is 14.7 Å². The number of carbonyl (C=O) groups excluding carboxylic acids is 1. The fourth-order valence-electron chi connectivity index (χ4n) is 1.46. The molecule has 108 valence electrons. The van der Waals surface area contributed by atoms with Gasteiger partial charge in [0.05, 0.1) is 30.2 Å². The highest BCUT2D eigenvalue weighted by atomic mass is 32.2. The number of aliphatic hydroxyl groups is 2. The van der Waals surface area contributed by atoms with Gasteiger partial charge in [0, 0.05) is 11.3 Å². The zero-order valence-electron chi connectivity index (χ0n) is 11.4. The summed E-state index contributed by atoms with van der Waals surface area (Å²) in [5, 5.41) is 24.6. The van der Waals surface area contributed by atoms with Gasteiger partial charge in [0.25, 0.3) is 0 Å². The second-order valence-corrected chi connectivity index (χ2v) is 5.71. The van der Waals surface area contributed by atoms with Crippen LogP contribution in [0.25, 0.3) is 0 Å². The van der Waals surface area contributed by atoms with Crippen molar-refractivity contribution in [1.82, 2.24) is 10.5 Å². The molecule has 0 radical (unpaired) electrons. The minimum Gasteiger partial charge on any atom is -0.394 e. The summed E-state index contributed by atoms with van der Waals surface area (Å²) in [5.41, 5.74) is 0.867. The van der Waals surface area contributed by atoms with Crippen molar-refractivity contribution in [2.45, 2.75) is 32.1 Å². The van der Waals surface area contributed by atoms with Crippen LogP contribution in [0.4, 0.5) is 0 Å². The Morgan fingerprint density at radius 2 is 2.05 bits per heavy atom. The minimum atomic E-state index is -0.972. The minimum absolute atomic E-state index is 0.220. The number of aryl methyl sites for hydroxylation is 2. The van der Waals surface area contributed by atoms with Crippen LogP contribution in [-0.4, -0.2) is 45.8 Å². The molecule has 3 N–H and O–H groups in total. The Morgan fingerprint density at radius 3 is 2.53 bits per heavy atom. The Morgan fingerprint density at radius 1 is 1.42 bits per heavy atom. The van der Waals surface area contributed by atoms with E-state index in [0.717, 1.165) is 17.0 Å². The molecule has 0 aliphatic rings. The standard InChI is InChI=1S/C12H20N2O4S/c1-8-10(9(2)18-14-8)4-19-5-11(17)13-12(3,6-15)7-16/h15-16H,4-7H2,1-3H3,(H,13,17). The summed E-state index contributed by atoms with van der Waals surface area (Å²) in [6.45, 7) is 4.68. The number of nitrogens with zero attached hydrogens (tertiary/aromatic N) is 1. The summed E-state index contributed by atoms with van der Waals surface area (Å²) in [6, 6.07) is 0. The molecule has 0 fully saturated rings. The van der Waals surface area contributed by atoms with Crippen molar-refractivity contribution < 1.29 is 19.5 Å². The summed E-state index contributed by atoms with van der Waals surface area (Å²) >= 11 is 1.43. The Hall–Kier alpha value is -1.05. The maximum atomic E-state index is 11.7. The second kappa shape index (κ2) is 6.93. The van der Waals surface area contributed by atoms with Crippen molar-refractivity contribution in [3.05, 3.63) is 17.0 Å². The van der Waals surface area contributed by atoms with Gasteiger partial charge in [-0.15, -0.1) is 11.8 Å². The third-order valence-electron chi connectivity index (χ3n) is 2.80. The molecule has 1 rings (SSSR count). The fourth-order valence-corrected chi connectivity index (χ4v) is 2.43. The number of aromatic nitrogens is 1. The van der Waals surface area contributed by atoms with Crippen molar-refractivity contribution in [1.29, 1.82) is 0 Å². The summed E-state index contributed by atoms with van der Waals surface area (Å²) in [4.78, 5) is 11.7. The molecule has 0 saturated heterocycles. The maximum absolute atomic E-state index is 11.7. The van der Waals surface area contributed by atoms with E-state index in [-0.39, 0.29) is 24.9 Å². The quantitative estimate of drug-likeness (QED) is 0.671. The first-order chi connectivity index (χ1) is 8.91. The number of hydrogen-bond donors (Lipinski definition) is 3. The summed E-state index contributed by atoms with van der Waals surface area (Å²) in [5.74, 6) is 1.44. The first-order valence-electron chi connectivity index (χ1n) is 5.94. The highest BCUT2D eigenvalue weighted by Crippen LogP contribution is 2.19. The largest absolute Gasteiger partial charge is 0.394 e. The highest BCUT2D eigenvalue weighted by molar-refractivity contribution is 7.99. The van der Waals surface area contributed by atoms with E-state index in [2.05, 4.69) is 10.5 Å².